The summed E-state index contributed by atoms with van der Waals surface area (Å²) in [6.07, 6.45) is 0. The van der Waals surface area contributed by atoms with Gasteiger partial charge in [0.15, 0.2) is 0 Å². The van der Waals surface area contributed by atoms with Crippen LogP contribution in [0.1, 0.15) is 13.8 Å². The lowest BCUT2D eigenvalue weighted by atomic mass is 10.2. The number of sulfonamides is 1. The molecule has 0 unspecified atom stereocenters. The van der Waals surface area contributed by atoms with Crippen LogP contribution in [0.2, 0.25) is 0 Å². The monoisotopic (exact) mass is 353 g/mol. The van der Waals surface area contributed by atoms with Crippen molar-refractivity contribution in [1.29, 1.82) is 0 Å². The van der Waals surface area contributed by atoms with Crippen LogP contribution in [0.15, 0.2) is 34.1 Å². The standard InChI is InChI=1S/C12H16FNO4S3/c1-12(2)9-14(6-7-19-12)21(17,18)11-5-3-4-10(8-11)20(13,15)16/h3-5,8H,6-7,9H2,1-2H3. The molecule has 0 atom stereocenters. The van der Waals surface area contributed by atoms with Crippen LogP contribution < -0.4 is 0 Å². The number of hydrogen-bond acceptors (Lipinski definition) is 5. The van der Waals surface area contributed by atoms with Crippen molar-refractivity contribution in [1.82, 2.24) is 4.31 Å². The maximum absolute atomic E-state index is 13.0. The average Bonchev–Trinajstić information content (AvgIpc) is 2.36. The van der Waals surface area contributed by atoms with Gasteiger partial charge < -0.3 is 0 Å². The summed E-state index contributed by atoms with van der Waals surface area (Å²) in [5, 5.41) is 0. The fourth-order valence-electron chi connectivity index (χ4n) is 2.11. The smallest absolute Gasteiger partial charge is 0.207 e. The fraction of sp³-hybridized carbons (Fsp3) is 0.500. The third-order valence-electron chi connectivity index (χ3n) is 3.12. The molecule has 0 saturated carbocycles. The van der Waals surface area contributed by atoms with Crippen LogP contribution in [0.25, 0.3) is 0 Å². The van der Waals surface area contributed by atoms with Gasteiger partial charge in [-0.1, -0.05) is 6.07 Å². The molecular weight excluding hydrogens is 337 g/mol. The molecule has 1 saturated heterocycles. The normalized spacial score (nSPS) is 20.3. The first-order chi connectivity index (χ1) is 9.52. The Morgan fingerprint density at radius 1 is 1.19 bits per heavy atom. The molecule has 21 heavy (non-hydrogen) atoms. The second-order valence-corrected chi connectivity index (χ2v) is 10.4. The maximum Gasteiger partial charge on any atom is 0.332 e. The summed E-state index contributed by atoms with van der Waals surface area (Å²) in [5.41, 5.74) is 0. The Hall–Kier alpha value is -0.640. The van der Waals surface area contributed by atoms with Gasteiger partial charge in [0, 0.05) is 23.6 Å². The third kappa shape index (κ3) is 3.77. The SMILES string of the molecule is CC1(C)CN(S(=O)(=O)c2cccc(S(=O)(=O)F)c2)CCS1. The van der Waals surface area contributed by atoms with Gasteiger partial charge in [-0.15, -0.1) is 3.89 Å². The van der Waals surface area contributed by atoms with Crippen LogP contribution in [0.5, 0.6) is 0 Å². The first-order valence-electron chi connectivity index (χ1n) is 6.21. The molecule has 0 radical (unpaired) electrons. The van der Waals surface area contributed by atoms with Crippen LogP contribution in [-0.2, 0) is 20.2 Å². The molecule has 2 rings (SSSR count). The first-order valence-corrected chi connectivity index (χ1v) is 10.0. The fourth-order valence-corrected chi connectivity index (χ4v) is 5.65. The maximum atomic E-state index is 13.0. The Kier molecular flexibility index (Phi) is 4.40. The lowest BCUT2D eigenvalue weighted by Crippen LogP contribution is -2.46. The van der Waals surface area contributed by atoms with Crippen LogP contribution in [0.3, 0.4) is 0 Å². The highest BCUT2D eigenvalue weighted by molar-refractivity contribution is 8.00. The van der Waals surface area contributed by atoms with Crippen molar-refractivity contribution in [3.05, 3.63) is 24.3 Å². The largest absolute Gasteiger partial charge is 0.332 e. The van der Waals surface area contributed by atoms with Crippen molar-refractivity contribution in [3.8, 4) is 0 Å². The van der Waals surface area contributed by atoms with Gasteiger partial charge in [0.1, 0.15) is 0 Å². The van der Waals surface area contributed by atoms with Gasteiger partial charge in [0.05, 0.1) is 9.79 Å². The molecule has 0 aromatic heterocycles. The predicted octanol–water partition coefficient (Wildman–Crippen LogP) is 1.86. The van der Waals surface area contributed by atoms with E-state index in [1.165, 1.54) is 16.4 Å². The summed E-state index contributed by atoms with van der Waals surface area (Å²) >= 11 is 1.68. The molecule has 0 aliphatic carbocycles. The van der Waals surface area contributed by atoms with Crippen molar-refractivity contribution >= 4 is 32.0 Å². The summed E-state index contributed by atoms with van der Waals surface area (Å²) in [6.45, 7) is 4.57. The zero-order valence-corrected chi connectivity index (χ0v) is 14.1. The molecule has 0 bridgehead atoms. The van der Waals surface area contributed by atoms with Crippen molar-refractivity contribution < 1.29 is 20.7 Å². The van der Waals surface area contributed by atoms with Gasteiger partial charge in [-0.3, -0.25) is 0 Å². The highest BCUT2D eigenvalue weighted by atomic mass is 32.3. The van der Waals surface area contributed by atoms with Crippen LogP contribution >= 0.6 is 11.8 Å². The van der Waals surface area contributed by atoms with E-state index < -0.39 is 25.1 Å². The predicted molar refractivity (Wildman–Crippen MR) is 80.0 cm³/mol. The minimum atomic E-state index is -4.93. The minimum absolute atomic E-state index is 0.205. The first kappa shape index (κ1) is 16.7. The van der Waals surface area contributed by atoms with E-state index in [1.807, 2.05) is 13.8 Å². The van der Waals surface area contributed by atoms with Gasteiger partial charge >= 0.3 is 10.2 Å². The van der Waals surface area contributed by atoms with Crippen LogP contribution in [0.4, 0.5) is 3.89 Å². The number of nitrogens with zero attached hydrogens (tertiary/aromatic N) is 1. The average molecular weight is 353 g/mol. The molecule has 1 fully saturated rings. The van der Waals surface area contributed by atoms with E-state index in [9.17, 15) is 20.7 Å². The number of hydrogen-bond donors (Lipinski definition) is 0. The molecule has 1 aromatic rings. The van der Waals surface area contributed by atoms with Gasteiger partial charge in [0.25, 0.3) is 0 Å². The van der Waals surface area contributed by atoms with E-state index in [2.05, 4.69) is 0 Å². The van der Waals surface area contributed by atoms with Gasteiger partial charge in [-0.05, 0) is 32.0 Å². The molecule has 0 spiro atoms. The highest BCUT2D eigenvalue weighted by Crippen LogP contribution is 2.32. The van der Waals surface area contributed by atoms with E-state index in [0.717, 1.165) is 12.1 Å². The molecular formula is C12H16FNO4S3. The van der Waals surface area contributed by atoms with Gasteiger partial charge in [-0.2, -0.15) is 24.5 Å². The van der Waals surface area contributed by atoms with E-state index in [4.69, 9.17) is 0 Å². The topological polar surface area (TPSA) is 71.5 Å². The molecule has 0 amide bonds. The number of benzene rings is 1. The van der Waals surface area contributed by atoms with Crippen LogP contribution in [0, 0.1) is 0 Å². The van der Waals surface area contributed by atoms with E-state index in [0.29, 0.717) is 18.8 Å². The molecule has 1 aromatic carbocycles. The summed E-state index contributed by atoms with van der Waals surface area (Å²) in [5.74, 6) is 0.660. The summed E-state index contributed by atoms with van der Waals surface area (Å²) < 4.78 is 61.0. The Morgan fingerprint density at radius 3 is 2.38 bits per heavy atom. The molecule has 9 heteroatoms. The lowest BCUT2D eigenvalue weighted by molar-refractivity contribution is 0.387. The van der Waals surface area contributed by atoms with Crippen molar-refractivity contribution in [2.45, 2.75) is 28.4 Å². The van der Waals surface area contributed by atoms with E-state index in [-0.39, 0.29) is 9.64 Å². The molecule has 1 heterocycles. The van der Waals surface area contributed by atoms with Crippen molar-refractivity contribution in [2.24, 2.45) is 0 Å². The Morgan fingerprint density at radius 2 is 1.81 bits per heavy atom. The number of thioether (sulfide) groups is 1. The third-order valence-corrected chi connectivity index (χ3v) is 7.07. The summed E-state index contributed by atoms with van der Waals surface area (Å²) in [6, 6.07) is 4.39. The van der Waals surface area contributed by atoms with Gasteiger partial charge in [0.2, 0.25) is 10.0 Å². The Balaban J connectivity index is 2.41. The second kappa shape index (κ2) is 5.53. The van der Waals surface area contributed by atoms with Crippen molar-refractivity contribution in [3.63, 3.8) is 0 Å². The molecule has 1 aliphatic rings. The Labute approximate surface area is 128 Å². The zero-order chi connectivity index (χ0) is 15.9. The molecule has 0 N–H and O–H groups in total. The quantitative estimate of drug-likeness (QED) is 0.776. The summed E-state index contributed by atoms with van der Waals surface area (Å²) in [7, 11) is -8.75. The minimum Gasteiger partial charge on any atom is -0.207 e. The van der Waals surface area contributed by atoms with E-state index >= 15 is 0 Å². The zero-order valence-electron chi connectivity index (χ0n) is 11.6. The van der Waals surface area contributed by atoms with Gasteiger partial charge in [-0.25, -0.2) is 8.42 Å². The number of halogens is 1. The van der Waals surface area contributed by atoms with Crippen LogP contribution in [-0.4, -0.2) is 44.7 Å². The lowest BCUT2D eigenvalue weighted by Gasteiger charge is -2.36. The van der Waals surface area contributed by atoms with Crippen molar-refractivity contribution in [2.75, 3.05) is 18.8 Å². The Bertz CT molecular complexity index is 744. The molecule has 5 nitrogen and oxygen atoms in total. The van der Waals surface area contributed by atoms with E-state index in [1.54, 1.807) is 11.8 Å². The molecule has 118 valence electrons. The second-order valence-electron chi connectivity index (χ2n) is 5.36. The molecule has 1 aliphatic heterocycles. The number of rotatable bonds is 3. The highest BCUT2D eigenvalue weighted by Gasteiger charge is 2.35. The summed E-state index contributed by atoms with van der Waals surface area (Å²) in [4.78, 5) is -0.849.